The summed E-state index contributed by atoms with van der Waals surface area (Å²) in [5.74, 6) is 0.00438. The van der Waals surface area contributed by atoms with Crippen molar-refractivity contribution in [2.45, 2.75) is 40.2 Å². The average Bonchev–Trinajstić information content (AvgIpc) is 2.63. The predicted octanol–water partition coefficient (Wildman–Crippen LogP) is 4.19. The molecule has 1 N–H and O–H groups in total. The fourth-order valence-corrected chi connectivity index (χ4v) is 2.54. The molecule has 0 aromatic heterocycles. The highest BCUT2D eigenvalue weighted by Crippen LogP contribution is 2.24. The molecular formula is C21H25NO4. The SMILES string of the molecule is CC[C@H](Oc1cccc(C)c1C)C(=O)Nc1cc(C(=O)OC)ccc1C. The zero-order chi connectivity index (χ0) is 19.3. The van der Waals surface area contributed by atoms with E-state index in [9.17, 15) is 9.59 Å². The Labute approximate surface area is 154 Å². The van der Waals surface area contributed by atoms with Crippen molar-refractivity contribution in [3.63, 3.8) is 0 Å². The topological polar surface area (TPSA) is 64.6 Å². The van der Waals surface area contributed by atoms with Crippen molar-refractivity contribution in [3.8, 4) is 5.75 Å². The maximum atomic E-state index is 12.7. The molecule has 1 atom stereocenters. The molecule has 0 bridgehead atoms. The van der Waals surface area contributed by atoms with E-state index in [1.165, 1.54) is 7.11 Å². The molecule has 1 amide bonds. The van der Waals surface area contributed by atoms with Crippen LogP contribution in [0.25, 0.3) is 0 Å². The lowest BCUT2D eigenvalue weighted by Crippen LogP contribution is -2.33. The molecule has 5 heteroatoms. The van der Waals surface area contributed by atoms with Crippen molar-refractivity contribution in [2.24, 2.45) is 0 Å². The second-order valence-electron chi connectivity index (χ2n) is 6.22. The Hall–Kier alpha value is -2.82. The molecule has 0 saturated heterocycles. The number of anilines is 1. The third-order valence-corrected chi connectivity index (χ3v) is 4.40. The number of benzene rings is 2. The smallest absolute Gasteiger partial charge is 0.337 e. The van der Waals surface area contributed by atoms with E-state index >= 15 is 0 Å². The number of carbonyl (C=O) groups excluding carboxylic acids is 2. The fourth-order valence-electron chi connectivity index (χ4n) is 2.54. The van der Waals surface area contributed by atoms with Gasteiger partial charge in [-0.1, -0.05) is 25.1 Å². The Morgan fingerprint density at radius 2 is 1.81 bits per heavy atom. The summed E-state index contributed by atoms with van der Waals surface area (Å²) in [6, 6.07) is 10.8. The van der Waals surface area contributed by atoms with Gasteiger partial charge in [0.2, 0.25) is 0 Å². The van der Waals surface area contributed by atoms with Crippen LogP contribution in [0.1, 0.15) is 40.4 Å². The lowest BCUT2D eigenvalue weighted by Gasteiger charge is -2.20. The summed E-state index contributed by atoms with van der Waals surface area (Å²) in [5, 5.41) is 2.86. The number of amides is 1. The molecule has 2 aromatic rings. The highest BCUT2D eigenvalue weighted by Gasteiger charge is 2.21. The van der Waals surface area contributed by atoms with Crippen molar-refractivity contribution in [1.82, 2.24) is 0 Å². The van der Waals surface area contributed by atoms with Crippen LogP contribution >= 0.6 is 0 Å². The minimum absolute atomic E-state index is 0.251. The molecule has 138 valence electrons. The van der Waals surface area contributed by atoms with Crippen molar-refractivity contribution < 1.29 is 19.1 Å². The number of methoxy groups -OCH3 is 1. The van der Waals surface area contributed by atoms with Crippen molar-refractivity contribution >= 4 is 17.6 Å². The summed E-state index contributed by atoms with van der Waals surface area (Å²) in [6.07, 6.45) is -0.105. The van der Waals surface area contributed by atoms with Crippen LogP contribution in [-0.4, -0.2) is 25.1 Å². The number of esters is 1. The summed E-state index contributed by atoms with van der Waals surface area (Å²) >= 11 is 0. The quantitative estimate of drug-likeness (QED) is 0.789. The number of carbonyl (C=O) groups is 2. The summed E-state index contributed by atoms with van der Waals surface area (Å²) in [6.45, 7) is 7.74. The molecule has 0 aliphatic rings. The number of hydrogen-bond acceptors (Lipinski definition) is 4. The largest absolute Gasteiger partial charge is 0.480 e. The predicted molar refractivity (Wildman–Crippen MR) is 102 cm³/mol. The molecule has 0 saturated carbocycles. The van der Waals surface area contributed by atoms with Gasteiger partial charge in [-0.15, -0.1) is 0 Å². The van der Waals surface area contributed by atoms with Crippen LogP contribution in [-0.2, 0) is 9.53 Å². The van der Waals surface area contributed by atoms with Crippen molar-refractivity contribution in [1.29, 1.82) is 0 Å². The second kappa shape index (κ2) is 8.52. The fraction of sp³-hybridized carbons (Fsp3) is 0.333. The minimum atomic E-state index is -0.628. The maximum absolute atomic E-state index is 12.7. The molecule has 26 heavy (non-hydrogen) atoms. The van der Waals surface area contributed by atoms with Gasteiger partial charge in [-0.3, -0.25) is 4.79 Å². The van der Waals surface area contributed by atoms with Gasteiger partial charge in [0.05, 0.1) is 12.7 Å². The standard InChI is InChI=1S/C21H25NO4/c1-6-18(26-19-9-7-8-13(2)15(19)4)20(23)22-17-12-16(21(24)25-5)11-10-14(17)3/h7-12,18H,6H2,1-5H3,(H,22,23)/t18-/m0/s1. The van der Waals surface area contributed by atoms with E-state index in [0.29, 0.717) is 23.4 Å². The van der Waals surface area contributed by atoms with Crippen LogP contribution in [0.5, 0.6) is 5.75 Å². The van der Waals surface area contributed by atoms with E-state index < -0.39 is 12.1 Å². The van der Waals surface area contributed by atoms with Gasteiger partial charge < -0.3 is 14.8 Å². The molecule has 0 heterocycles. The van der Waals surface area contributed by atoms with Crippen molar-refractivity contribution in [3.05, 3.63) is 58.7 Å². The van der Waals surface area contributed by atoms with Gasteiger partial charge in [0.25, 0.3) is 5.91 Å². The summed E-state index contributed by atoms with van der Waals surface area (Å²) in [7, 11) is 1.32. The third kappa shape index (κ3) is 4.42. The molecular weight excluding hydrogens is 330 g/mol. The highest BCUT2D eigenvalue weighted by molar-refractivity contribution is 5.97. The van der Waals surface area contributed by atoms with Crippen LogP contribution < -0.4 is 10.1 Å². The zero-order valence-electron chi connectivity index (χ0n) is 15.9. The molecule has 0 radical (unpaired) electrons. The van der Waals surface area contributed by atoms with Crippen molar-refractivity contribution in [2.75, 3.05) is 12.4 Å². The number of hydrogen-bond donors (Lipinski definition) is 1. The zero-order valence-corrected chi connectivity index (χ0v) is 15.9. The number of rotatable bonds is 6. The van der Waals surface area contributed by atoms with Gasteiger partial charge in [-0.05, 0) is 62.1 Å². The number of ether oxygens (including phenoxy) is 2. The van der Waals surface area contributed by atoms with Gasteiger partial charge >= 0.3 is 5.97 Å². The maximum Gasteiger partial charge on any atom is 0.337 e. The number of nitrogens with one attached hydrogen (secondary N) is 1. The Bertz CT molecular complexity index is 814. The normalized spacial score (nSPS) is 11.6. The Kier molecular flexibility index (Phi) is 6.39. The first kappa shape index (κ1) is 19.5. The second-order valence-corrected chi connectivity index (χ2v) is 6.22. The molecule has 5 nitrogen and oxygen atoms in total. The van der Waals surface area contributed by atoms with E-state index in [4.69, 9.17) is 9.47 Å². The third-order valence-electron chi connectivity index (χ3n) is 4.40. The first-order valence-electron chi connectivity index (χ1n) is 8.60. The van der Waals surface area contributed by atoms with Gasteiger partial charge in [0.1, 0.15) is 5.75 Å². The summed E-state index contributed by atoms with van der Waals surface area (Å²) in [5.41, 5.74) is 3.94. The molecule has 0 aliphatic carbocycles. The van der Waals surface area contributed by atoms with E-state index in [1.807, 2.05) is 45.9 Å². The van der Waals surface area contributed by atoms with Crippen LogP contribution in [0.4, 0.5) is 5.69 Å². The molecule has 2 aromatic carbocycles. The minimum Gasteiger partial charge on any atom is -0.480 e. The van der Waals surface area contributed by atoms with Crippen LogP contribution in [0.3, 0.4) is 0 Å². The van der Waals surface area contributed by atoms with Gasteiger partial charge in [-0.2, -0.15) is 0 Å². The van der Waals surface area contributed by atoms with Gasteiger partial charge in [0.15, 0.2) is 6.10 Å². The molecule has 0 spiro atoms. The molecule has 0 unspecified atom stereocenters. The highest BCUT2D eigenvalue weighted by atomic mass is 16.5. The van der Waals surface area contributed by atoms with Gasteiger partial charge in [-0.25, -0.2) is 4.79 Å². The monoisotopic (exact) mass is 355 g/mol. The van der Waals surface area contributed by atoms with Crippen LogP contribution in [0.15, 0.2) is 36.4 Å². The summed E-state index contributed by atoms with van der Waals surface area (Å²) < 4.78 is 10.7. The van der Waals surface area contributed by atoms with E-state index in [2.05, 4.69) is 5.32 Å². The summed E-state index contributed by atoms with van der Waals surface area (Å²) in [4.78, 5) is 24.4. The van der Waals surface area contributed by atoms with Crippen LogP contribution in [0.2, 0.25) is 0 Å². The Morgan fingerprint density at radius 3 is 2.46 bits per heavy atom. The average molecular weight is 355 g/mol. The van der Waals surface area contributed by atoms with E-state index in [0.717, 1.165) is 16.7 Å². The van der Waals surface area contributed by atoms with E-state index in [1.54, 1.807) is 18.2 Å². The molecule has 0 aliphatic heterocycles. The van der Waals surface area contributed by atoms with E-state index in [-0.39, 0.29) is 5.91 Å². The Morgan fingerprint density at radius 1 is 1.08 bits per heavy atom. The van der Waals surface area contributed by atoms with Crippen LogP contribution in [0, 0.1) is 20.8 Å². The van der Waals surface area contributed by atoms with Gasteiger partial charge in [0, 0.05) is 5.69 Å². The lowest BCUT2D eigenvalue weighted by atomic mass is 10.1. The first-order valence-corrected chi connectivity index (χ1v) is 8.60. The molecule has 0 fully saturated rings. The first-order chi connectivity index (χ1) is 12.4. The number of aryl methyl sites for hydroxylation is 2. The lowest BCUT2D eigenvalue weighted by molar-refractivity contribution is -0.122. The Balaban J connectivity index is 2.19. The molecule has 2 rings (SSSR count).